The van der Waals surface area contributed by atoms with E-state index >= 15 is 0 Å². The molecule has 19 heavy (non-hydrogen) atoms. The highest BCUT2D eigenvalue weighted by Gasteiger charge is 2.07. The molecule has 5 nitrogen and oxygen atoms in total. The third-order valence-corrected chi connectivity index (χ3v) is 2.90. The Labute approximate surface area is 119 Å². The summed E-state index contributed by atoms with van der Waals surface area (Å²) in [7, 11) is 3.90. The minimum absolute atomic E-state index is 0.229. The monoisotopic (exact) mass is 320 g/mol. The first-order valence-corrected chi connectivity index (χ1v) is 6.42. The van der Waals surface area contributed by atoms with Gasteiger partial charge in [-0.1, -0.05) is 0 Å². The molecule has 1 aromatic heterocycles. The zero-order valence-electron chi connectivity index (χ0n) is 10.6. The van der Waals surface area contributed by atoms with Crippen LogP contribution in [0, 0.1) is 0 Å². The standard InChI is InChI=1S/C13H13BrN4O/c1-18(2)11-5-3-9(4-6-11)12(19)17-13-15-7-10(14)8-16-13/h3-8H,1-2H3,(H,15,16,17,19). The van der Waals surface area contributed by atoms with Gasteiger partial charge in [0.05, 0.1) is 4.47 Å². The number of hydrogen-bond acceptors (Lipinski definition) is 4. The normalized spacial score (nSPS) is 10.1. The largest absolute Gasteiger partial charge is 0.378 e. The summed E-state index contributed by atoms with van der Waals surface area (Å²) in [6.07, 6.45) is 3.16. The summed E-state index contributed by atoms with van der Waals surface area (Å²) in [5.41, 5.74) is 1.61. The van der Waals surface area contributed by atoms with Gasteiger partial charge in [-0.25, -0.2) is 9.97 Å². The molecule has 0 saturated carbocycles. The van der Waals surface area contributed by atoms with Crippen molar-refractivity contribution < 1.29 is 4.79 Å². The first-order chi connectivity index (χ1) is 9.06. The van der Waals surface area contributed by atoms with Gasteiger partial charge in [0.15, 0.2) is 0 Å². The summed E-state index contributed by atoms with van der Waals surface area (Å²) < 4.78 is 0.765. The lowest BCUT2D eigenvalue weighted by molar-refractivity contribution is 0.102. The van der Waals surface area contributed by atoms with E-state index in [2.05, 4.69) is 31.2 Å². The predicted octanol–water partition coefficient (Wildman–Crippen LogP) is 2.56. The molecule has 2 aromatic rings. The molecule has 0 saturated heterocycles. The van der Waals surface area contributed by atoms with Gasteiger partial charge in [0, 0.05) is 37.7 Å². The van der Waals surface area contributed by atoms with Gasteiger partial charge in [-0.05, 0) is 40.2 Å². The van der Waals surface area contributed by atoms with Crippen molar-refractivity contribution in [3.8, 4) is 0 Å². The lowest BCUT2D eigenvalue weighted by Gasteiger charge is -2.12. The van der Waals surface area contributed by atoms with E-state index in [0.29, 0.717) is 5.56 Å². The lowest BCUT2D eigenvalue weighted by Crippen LogP contribution is -2.14. The number of amides is 1. The van der Waals surface area contributed by atoms with Crippen molar-refractivity contribution in [2.75, 3.05) is 24.3 Å². The molecule has 1 amide bonds. The second-order valence-corrected chi connectivity index (χ2v) is 5.04. The summed E-state index contributed by atoms with van der Waals surface area (Å²) in [6, 6.07) is 7.31. The van der Waals surface area contributed by atoms with Gasteiger partial charge in [-0.15, -0.1) is 0 Å². The van der Waals surface area contributed by atoms with Crippen molar-refractivity contribution in [1.82, 2.24) is 9.97 Å². The Bertz CT molecular complexity index is 566. The molecule has 1 heterocycles. The number of benzene rings is 1. The molecule has 0 aliphatic rings. The van der Waals surface area contributed by atoms with E-state index in [-0.39, 0.29) is 11.9 Å². The van der Waals surface area contributed by atoms with Gasteiger partial charge in [-0.3, -0.25) is 10.1 Å². The first kappa shape index (κ1) is 13.5. The molecule has 2 rings (SSSR count). The molecule has 0 aliphatic heterocycles. The number of rotatable bonds is 3. The number of anilines is 2. The van der Waals surface area contributed by atoms with Crippen LogP contribution in [-0.4, -0.2) is 30.0 Å². The van der Waals surface area contributed by atoms with Crippen molar-refractivity contribution >= 4 is 33.5 Å². The maximum atomic E-state index is 12.0. The van der Waals surface area contributed by atoms with Crippen LogP contribution in [0.2, 0.25) is 0 Å². The fourth-order valence-corrected chi connectivity index (χ4v) is 1.67. The smallest absolute Gasteiger partial charge is 0.258 e. The van der Waals surface area contributed by atoms with Crippen LogP contribution in [-0.2, 0) is 0 Å². The average Bonchev–Trinajstić information content (AvgIpc) is 2.41. The molecule has 1 N–H and O–H groups in total. The summed E-state index contributed by atoms with van der Waals surface area (Å²) in [5, 5.41) is 2.64. The van der Waals surface area contributed by atoms with Gasteiger partial charge in [0.2, 0.25) is 5.95 Å². The second kappa shape index (κ2) is 5.79. The Kier molecular flexibility index (Phi) is 4.11. The van der Waals surface area contributed by atoms with Crippen LogP contribution >= 0.6 is 15.9 Å². The van der Waals surface area contributed by atoms with Gasteiger partial charge < -0.3 is 4.90 Å². The van der Waals surface area contributed by atoms with Crippen LogP contribution in [0.5, 0.6) is 0 Å². The van der Waals surface area contributed by atoms with Gasteiger partial charge in [0.25, 0.3) is 5.91 Å². The van der Waals surface area contributed by atoms with Crippen molar-refractivity contribution in [3.05, 3.63) is 46.7 Å². The predicted molar refractivity (Wildman–Crippen MR) is 78.5 cm³/mol. The van der Waals surface area contributed by atoms with Crippen LogP contribution in [0.4, 0.5) is 11.6 Å². The highest BCUT2D eigenvalue weighted by atomic mass is 79.9. The van der Waals surface area contributed by atoms with Crippen LogP contribution in [0.1, 0.15) is 10.4 Å². The van der Waals surface area contributed by atoms with Crippen molar-refractivity contribution in [1.29, 1.82) is 0 Å². The molecule has 98 valence electrons. The number of nitrogens with one attached hydrogen (secondary N) is 1. The zero-order valence-corrected chi connectivity index (χ0v) is 12.2. The highest BCUT2D eigenvalue weighted by Crippen LogP contribution is 2.13. The van der Waals surface area contributed by atoms with E-state index < -0.39 is 0 Å². The second-order valence-electron chi connectivity index (χ2n) is 4.12. The Morgan fingerprint density at radius 3 is 2.26 bits per heavy atom. The van der Waals surface area contributed by atoms with Gasteiger partial charge in [0.1, 0.15) is 0 Å². The van der Waals surface area contributed by atoms with E-state index in [1.807, 2.05) is 31.1 Å². The SMILES string of the molecule is CN(C)c1ccc(C(=O)Nc2ncc(Br)cn2)cc1. The fraction of sp³-hybridized carbons (Fsp3) is 0.154. The van der Waals surface area contributed by atoms with E-state index in [9.17, 15) is 4.79 Å². The minimum atomic E-state index is -0.229. The third kappa shape index (κ3) is 3.51. The maximum absolute atomic E-state index is 12.0. The van der Waals surface area contributed by atoms with Crippen LogP contribution in [0.15, 0.2) is 41.1 Å². The van der Waals surface area contributed by atoms with Crippen molar-refractivity contribution in [2.45, 2.75) is 0 Å². The molecule has 0 unspecified atom stereocenters. The number of carbonyl (C=O) groups is 1. The third-order valence-electron chi connectivity index (χ3n) is 2.49. The number of nitrogens with zero attached hydrogens (tertiary/aromatic N) is 3. The van der Waals surface area contributed by atoms with E-state index in [4.69, 9.17) is 0 Å². The minimum Gasteiger partial charge on any atom is -0.378 e. The topological polar surface area (TPSA) is 58.1 Å². The molecular weight excluding hydrogens is 308 g/mol. The summed E-state index contributed by atoms with van der Waals surface area (Å²) in [4.78, 5) is 21.9. The Balaban J connectivity index is 2.09. The summed E-state index contributed by atoms with van der Waals surface area (Å²) in [6.45, 7) is 0. The molecule has 0 fully saturated rings. The molecule has 1 aromatic carbocycles. The van der Waals surface area contributed by atoms with E-state index in [0.717, 1.165) is 10.2 Å². The molecule has 6 heteroatoms. The number of halogens is 1. The quantitative estimate of drug-likeness (QED) is 0.944. The van der Waals surface area contributed by atoms with Crippen molar-refractivity contribution in [3.63, 3.8) is 0 Å². The van der Waals surface area contributed by atoms with E-state index in [1.54, 1.807) is 24.5 Å². The number of aromatic nitrogens is 2. The Morgan fingerprint density at radius 1 is 1.16 bits per heavy atom. The summed E-state index contributed by atoms with van der Waals surface area (Å²) in [5.74, 6) is 0.0533. The van der Waals surface area contributed by atoms with E-state index in [1.165, 1.54) is 0 Å². The highest BCUT2D eigenvalue weighted by molar-refractivity contribution is 9.10. The van der Waals surface area contributed by atoms with Gasteiger partial charge >= 0.3 is 0 Å². The maximum Gasteiger partial charge on any atom is 0.258 e. The molecule has 0 spiro atoms. The summed E-state index contributed by atoms with van der Waals surface area (Å²) >= 11 is 3.24. The average molecular weight is 321 g/mol. The Hall–Kier alpha value is -1.95. The first-order valence-electron chi connectivity index (χ1n) is 5.62. The number of hydrogen-bond donors (Lipinski definition) is 1. The number of carbonyl (C=O) groups excluding carboxylic acids is 1. The Morgan fingerprint density at radius 2 is 1.74 bits per heavy atom. The van der Waals surface area contributed by atoms with Gasteiger partial charge in [-0.2, -0.15) is 0 Å². The van der Waals surface area contributed by atoms with Crippen LogP contribution in [0.3, 0.4) is 0 Å². The molecule has 0 aliphatic carbocycles. The lowest BCUT2D eigenvalue weighted by atomic mass is 10.2. The fourth-order valence-electron chi connectivity index (χ4n) is 1.46. The molecule has 0 bridgehead atoms. The zero-order chi connectivity index (χ0) is 13.8. The van der Waals surface area contributed by atoms with Crippen molar-refractivity contribution in [2.24, 2.45) is 0 Å². The molecular formula is C13H13BrN4O. The molecule has 0 radical (unpaired) electrons. The molecule has 0 atom stereocenters. The van der Waals surface area contributed by atoms with Crippen LogP contribution in [0.25, 0.3) is 0 Å². The van der Waals surface area contributed by atoms with Crippen LogP contribution < -0.4 is 10.2 Å².